The Hall–Kier alpha value is -0.435. The molecule has 0 radical (unpaired) electrons. The molecule has 1 aliphatic heterocycles. The van der Waals surface area contributed by atoms with E-state index in [-0.39, 0.29) is 0 Å². The van der Waals surface area contributed by atoms with Crippen LogP contribution in [-0.2, 0) is 11.2 Å². The highest BCUT2D eigenvalue weighted by atomic mass is 32.1. The van der Waals surface area contributed by atoms with E-state index in [1.807, 2.05) is 0 Å². The Morgan fingerprint density at radius 1 is 1.04 bits per heavy atom. The fourth-order valence-corrected chi connectivity index (χ4v) is 5.39. The van der Waals surface area contributed by atoms with Crippen molar-refractivity contribution in [2.75, 3.05) is 6.61 Å². The number of aliphatic hydroxyl groups is 4. The average Bonchev–Trinajstić information content (AvgIpc) is 3.05. The number of ether oxygens (including phenoxy) is 1. The van der Waals surface area contributed by atoms with E-state index in [4.69, 9.17) is 4.74 Å². The largest absolute Gasteiger partial charge is 0.394 e. The number of aliphatic hydroxyl groups excluding tert-OH is 4. The SMILES string of the molecule is BC1(Cc2csc([C@@H]3O[C@H](CO)[C@@H](O)[C@H](O)[C@H]3O)c2)CCCCCCC1. The second kappa shape index (κ2) is 8.71. The Morgan fingerprint density at radius 3 is 2.35 bits per heavy atom. The fourth-order valence-electron chi connectivity index (χ4n) is 4.40. The molecule has 0 unspecified atom stereocenters. The van der Waals surface area contributed by atoms with Crippen LogP contribution in [0.15, 0.2) is 11.4 Å². The lowest BCUT2D eigenvalue weighted by molar-refractivity contribution is -0.230. The van der Waals surface area contributed by atoms with Crippen LogP contribution in [0.5, 0.6) is 0 Å². The molecule has 1 aromatic heterocycles. The molecule has 0 aromatic carbocycles. The van der Waals surface area contributed by atoms with Gasteiger partial charge in [0.15, 0.2) is 0 Å². The summed E-state index contributed by atoms with van der Waals surface area (Å²) >= 11 is 1.51. The highest BCUT2D eigenvalue weighted by Crippen LogP contribution is 2.43. The molecule has 3 rings (SSSR count). The average molecular weight is 382 g/mol. The van der Waals surface area contributed by atoms with Crippen LogP contribution in [0.4, 0.5) is 0 Å². The molecule has 1 saturated carbocycles. The summed E-state index contributed by atoms with van der Waals surface area (Å²) in [4.78, 5) is 0.839. The molecular weight excluding hydrogens is 351 g/mol. The van der Waals surface area contributed by atoms with Crippen molar-refractivity contribution in [2.45, 2.75) is 87.2 Å². The molecule has 1 aromatic rings. The highest BCUT2D eigenvalue weighted by molar-refractivity contribution is 7.10. The van der Waals surface area contributed by atoms with E-state index >= 15 is 0 Å². The first kappa shape index (κ1) is 20.3. The van der Waals surface area contributed by atoms with Gasteiger partial charge in [0.1, 0.15) is 38.4 Å². The second-order valence-corrected chi connectivity index (χ2v) is 9.30. The molecule has 26 heavy (non-hydrogen) atoms. The normalized spacial score (nSPS) is 35.6. The molecule has 1 aliphatic carbocycles. The van der Waals surface area contributed by atoms with Crippen LogP contribution in [0, 0.1) is 0 Å². The highest BCUT2D eigenvalue weighted by Gasteiger charge is 2.44. The maximum Gasteiger partial charge on any atom is 0.121 e. The summed E-state index contributed by atoms with van der Waals surface area (Å²) in [5.74, 6) is 0. The van der Waals surface area contributed by atoms with Crippen LogP contribution < -0.4 is 0 Å². The van der Waals surface area contributed by atoms with Crippen molar-refractivity contribution >= 4 is 19.2 Å². The smallest absolute Gasteiger partial charge is 0.121 e. The number of hydrogen-bond donors (Lipinski definition) is 4. The minimum absolute atomic E-state index is 0.314. The van der Waals surface area contributed by atoms with Gasteiger partial charge >= 0.3 is 0 Å². The third-order valence-electron chi connectivity index (χ3n) is 6.04. The van der Waals surface area contributed by atoms with Crippen molar-refractivity contribution in [3.05, 3.63) is 21.9 Å². The van der Waals surface area contributed by atoms with Crippen molar-refractivity contribution in [2.24, 2.45) is 0 Å². The molecule has 0 amide bonds. The van der Waals surface area contributed by atoms with E-state index in [2.05, 4.69) is 19.3 Å². The van der Waals surface area contributed by atoms with Crippen molar-refractivity contribution in [3.63, 3.8) is 0 Å². The molecule has 4 N–H and O–H groups in total. The zero-order valence-electron chi connectivity index (χ0n) is 15.5. The molecule has 5 nitrogen and oxygen atoms in total. The minimum atomic E-state index is -1.32. The Morgan fingerprint density at radius 2 is 1.69 bits per heavy atom. The first-order valence-corrected chi connectivity index (χ1v) is 10.7. The Bertz CT molecular complexity index is 570. The summed E-state index contributed by atoms with van der Waals surface area (Å²) < 4.78 is 5.68. The summed E-state index contributed by atoms with van der Waals surface area (Å²) in [5.41, 5.74) is 1.24. The summed E-state index contributed by atoms with van der Waals surface area (Å²) in [6.45, 7) is -0.391. The van der Waals surface area contributed by atoms with E-state index < -0.39 is 37.1 Å². The van der Waals surface area contributed by atoms with E-state index in [1.165, 1.54) is 61.8 Å². The van der Waals surface area contributed by atoms with Crippen LogP contribution in [0.1, 0.15) is 61.5 Å². The van der Waals surface area contributed by atoms with Gasteiger partial charge in [0.25, 0.3) is 0 Å². The van der Waals surface area contributed by atoms with Crippen molar-refractivity contribution in [3.8, 4) is 0 Å². The summed E-state index contributed by atoms with van der Waals surface area (Å²) in [7, 11) is 2.38. The van der Waals surface area contributed by atoms with E-state index in [0.29, 0.717) is 5.31 Å². The van der Waals surface area contributed by atoms with Crippen molar-refractivity contribution in [1.29, 1.82) is 0 Å². The molecule has 2 fully saturated rings. The quantitative estimate of drug-likeness (QED) is 0.590. The molecule has 1 saturated heterocycles. The predicted octanol–water partition coefficient (Wildman–Crippen LogP) is 1.34. The first-order chi connectivity index (χ1) is 12.4. The Balaban J connectivity index is 1.70. The predicted molar refractivity (Wildman–Crippen MR) is 104 cm³/mol. The monoisotopic (exact) mass is 382 g/mol. The van der Waals surface area contributed by atoms with Crippen molar-refractivity contribution in [1.82, 2.24) is 0 Å². The lowest BCUT2D eigenvalue weighted by Crippen LogP contribution is -2.55. The molecule has 7 heteroatoms. The molecule has 2 aliphatic rings. The van der Waals surface area contributed by atoms with Gasteiger partial charge in [0.05, 0.1) is 6.61 Å². The fraction of sp³-hybridized carbons (Fsp3) is 0.789. The molecule has 0 spiro atoms. The van der Waals surface area contributed by atoms with Gasteiger partial charge in [0, 0.05) is 4.88 Å². The van der Waals surface area contributed by atoms with Gasteiger partial charge in [-0.25, -0.2) is 0 Å². The first-order valence-electron chi connectivity index (χ1n) is 9.81. The van der Waals surface area contributed by atoms with Gasteiger partial charge in [-0.3, -0.25) is 0 Å². The molecule has 2 heterocycles. The van der Waals surface area contributed by atoms with Crippen LogP contribution in [0.25, 0.3) is 0 Å². The maximum atomic E-state index is 10.3. The van der Waals surface area contributed by atoms with Gasteiger partial charge in [-0.15, -0.1) is 11.3 Å². The maximum absolute atomic E-state index is 10.3. The zero-order valence-corrected chi connectivity index (χ0v) is 16.3. The number of thiophene rings is 1. The van der Waals surface area contributed by atoms with E-state index in [1.54, 1.807) is 0 Å². The van der Waals surface area contributed by atoms with Crippen LogP contribution in [-0.4, -0.2) is 59.3 Å². The van der Waals surface area contributed by atoms with Gasteiger partial charge in [0.2, 0.25) is 0 Å². The second-order valence-electron chi connectivity index (χ2n) is 8.36. The Labute approximate surface area is 160 Å². The lowest BCUT2D eigenvalue weighted by Gasteiger charge is -2.39. The lowest BCUT2D eigenvalue weighted by atomic mass is 9.59. The summed E-state index contributed by atoms with van der Waals surface area (Å²) in [6, 6.07) is 2.06. The third kappa shape index (κ3) is 4.51. The third-order valence-corrected chi connectivity index (χ3v) is 7.08. The van der Waals surface area contributed by atoms with Gasteiger partial charge in [-0.2, -0.15) is 0 Å². The molecule has 0 bridgehead atoms. The van der Waals surface area contributed by atoms with Gasteiger partial charge in [-0.1, -0.05) is 50.3 Å². The molecular formula is C19H31BO5S. The number of rotatable bonds is 4. The minimum Gasteiger partial charge on any atom is -0.394 e. The Kier molecular flexibility index (Phi) is 6.80. The van der Waals surface area contributed by atoms with Crippen LogP contribution in [0.2, 0.25) is 5.31 Å². The van der Waals surface area contributed by atoms with Gasteiger partial charge in [-0.05, 0) is 23.4 Å². The summed E-state index contributed by atoms with van der Waals surface area (Å²) in [5, 5.41) is 42.0. The van der Waals surface area contributed by atoms with Crippen molar-refractivity contribution < 1.29 is 25.2 Å². The van der Waals surface area contributed by atoms with Gasteiger partial charge < -0.3 is 25.2 Å². The van der Waals surface area contributed by atoms with E-state index in [0.717, 1.165) is 11.3 Å². The number of hydrogen-bond acceptors (Lipinski definition) is 6. The van der Waals surface area contributed by atoms with Crippen LogP contribution in [0.3, 0.4) is 0 Å². The molecule has 146 valence electrons. The van der Waals surface area contributed by atoms with E-state index in [9.17, 15) is 20.4 Å². The van der Waals surface area contributed by atoms with Crippen LogP contribution >= 0.6 is 11.3 Å². The standard InChI is InChI=1S/C19H31BO5S/c20-19(6-4-2-1-3-5-7-19)9-12-8-14(26-11-12)18-17(24)16(23)15(22)13(10-21)25-18/h8,11,13,15-18,21-24H,1-7,9-10,20H2/t13-,15-,16+,17-,18+/m1/s1. The molecule has 5 atom stereocenters. The topological polar surface area (TPSA) is 90.2 Å². The zero-order chi connectivity index (χ0) is 18.7. The summed E-state index contributed by atoms with van der Waals surface area (Å²) in [6.07, 6.45) is 4.72.